The fraction of sp³-hybridized carbons (Fsp3) is 0.300. The molecular weight excluding hydrogens is 187 g/mol. The quantitative estimate of drug-likeness (QED) is 0.805. The summed E-state index contributed by atoms with van der Waals surface area (Å²) in [6.07, 6.45) is -0.309. The summed E-state index contributed by atoms with van der Waals surface area (Å²) in [6.45, 7) is 1.56. The molecule has 0 heterocycles. The molecule has 0 aliphatic carbocycles. The van der Waals surface area contributed by atoms with Crippen molar-refractivity contribution >= 4 is 5.97 Å². The van der Waals surface area contributed by atoms with Gasteiger partial charge in [0.05, 0.1) is 13.5 Å². The van der Waals surface area contributed by atoms with E-state index in [1.807, 2.05) is 0 Å². The number of aliphatic carboxylic acids is 1. The summed E-state index contributed by atoms with van der Waals surface area (Å²) in [7, 11) is 1.44. The van der Waals surface area contributed by atoms with Gasteiger partial charge in [0.1, 0.15) is 11.6 Å². The Balaban J connectivity index is 3.10. The van der Waals surface area contributed by atoms with E-state index in [4.69, 9.17) is 9.84 Å². The van der Waals surface area contributed by atoms with Gasteiger partial charge >= 0.3 is 5.97 Å². The number of rotatable bonds is 3. The molecule has 0 bridgehead atoms. The second-order valence-corrected chi connectivity index (χ2v) is 2.94. The largest absolute Gasteiger partial charge is 0.496 e. The average molecular weight is 198 g/mol. The van der Waals surface area contributed by atoms with E-state index in [1.165, 1.54) is 13.2 Å². The minimum absolute atomic E-state index is 0.177. The van der Waals surface area contributed by atoms with Crippen molar-refractivity contribution in [1.29, 1.82) is 0 Å². The summed E-state index contributed by atoms with van der Waals surface area (Å²) in [5.74, 6) is -1.13. The van der Waals surface area contributed by atoms with Crippen molar-refractivity contribution < 1.29 is 19.0 Å². The first-order valence-corrected chi connectivity index (χ1v) is 4.10. The van der Waals surface area contributed by atoms with Crippen molar-refractivity contribution in [2.24, 2.45) is 0 Å². The van der Waals surface area contributed by atoms with E-state index in [0.29, 0.717) is 11.3 Å². The van der Waals surface area contributed by atoms with E-state index < -0.39 is 11.8 Å². The summed E-state index contributed by atoms with van der Waals surface area (Å²) in [6, 6.07) is 2.99. The zero-order valence-electron chi connectivity index (χ0n) is 8.00. The molecule has 0 aromatic heterocycles. The second kappa shape index (κ2) is 4.09. The maximum Gasteiger partial charge on any atom is 0.307 e. The molecule has 76 valence electrons. The lowest BCUT2D eigenvalue weighted by atomic mass is 10.1. The fourth-order valence-electron chi connectivity index (χ4n) is 1.24. The van der Waals surface area contributed by atoms with Gasteiger partial charge in [0.15, 0.2) is 0 Å². The molecule has 1 aromatic carbocycles. The van der Waals surface area contributed by atoms with Crippen LogP contribution in [0.2, 0.25) is 0 Å². The van der Waals surface area contributed by atoms with Crippen LogP contribution in [0.25, 0.3) is 0 Å². The summed E-state index contributed by atoms with van der Waals surface area (Å²) in [5.41, 5.74) is 0.516. The molecule has 0 atom stereocenters. The minimum atomic E-state index is -1.05. The van der Waals surface area contributed by atoms with Gasteiger partial charge in [-0.05, 0) is 18.6 Å². The first-order valence-electron chi connectivity index (χ1n) is 4.10. The van der Waals surface area contributed by atoms with Crippen LogP contribution in [0.4, 0.5) is 4.39 Å². The Morgan fingerprint density at radius 1 is 1.57 bits per heavy atom. The molecule has 1 rings (SSSR count). The molecular formula is C10H11FO3. The molecule has 0 amide bonds. The summed E-state index contributed by atoms with van der Waals surface area (Å²) in [5, 5.41) is 8.51. The van der Waals surface area contributed by atoms with Crippen LogP contribution < -0.4 is 4.74 Å². The van der Waals surface area contributed by atoms with Crippen molar-refractivity contribution in [3.05, 3.63) is 29.1 Å². The predicted octanol–water partition coefficient (Wildman–Crippen LogP) is 1.77. The van der Waals surface area contributed by atoms with Gasteiger partial charge in [-0.3, -0.25) is 4.79 Å². The molecule has 0 radical (unpaired) electrons. The van der Waals surface area contributed by atoms with Crippen molar-refractivity contribution in [3.63, 3.8) is 0 Å². The van der Waals surface area contributed by atoms with Crippen molar-refractivity contribution in [2.75, 3.05) is 7.11 Å². The third kappa shape index (κ3) is 2.02. The first-order chi connectivity index (χ1) is 6.56. The van der Waals surface area contributed by atoms with E-state index in [-0.39, 0.29) is 12.0 Å². The lowest BCUT2D eigenvalue weighted by molar-refractivity contribution is -0.136. The van der Waals surface area contributed by atoms with Gasteiger partial charge in [0.2, 0.25) is 0 Å². The van der Waals surface area contributed by atoms with Crippen LogP contribution in [0.1, 0.15) is 11.1 Å². The van der Waals surface area contributed by atoms with Gasteiger partial charge in [-0.2, -0.15) is 0 Å². The lowest BCUT2D eigenvalue weighted by Crippen LogP contribution is -2.04. The molecule has 1 N–H and O–H groups in total. The van der Waals surface area contributed by atoms with Gasteiger partial charge in [0.25, 0.3) is 0 Å². The van der Waals surface area contributed by atoms with Crippen molar-refractivity contribution in [3.8, 4) is 5.75 Å². The summed E-state index contributed by atoms with van der Waals surface area (Å²) >= 11 is 0. The molecule has 0 aliphatic rings. The molecule has 0 aliphatic heterocycles. The third-order valence-electron chi connectivity index (χ3n) is 1.98. The number of hydrogen-bond donors (Lipinski definition) is 1. The van der Waals surface area contributed by atoms with Crippen LogP contribution >= 0.6 is 0 Å². The molecule has 4 heteroatoms. The minimum Gasteiger partial charge on any atom is -0.496 e. The smallest absolute Gasteiger partial charge is 0.307 e. The molecule has 14 heavy (non-hydrogen) atoms. The van der Waals surface area contributed by atoms with Crippen LogP contribution in [0, 0.1) is 12.7 Å². The zero-order valence-corrected chi connectivity index (χ0v) is 8.00. The molecule has 0 saturated heterocycles. The Morgan fingerprint density at radius 2 is 2.21 bits per heavy atom. The number of methoxy groups -OCH3 is 1. The molecule has 0 spiro atoms. The van der Waals surface area contributed by atoms with Gasteiger partial charge in [-0.15, -0.1) is 0 Å². The highest BCUT2D eigenvalue weighted by atomic mass is 19.1. The Bertz CT molecular complexity index is 361. The van der Waals surface area contributed by atoms with Gasteiger partial charge in [0, 0.05) is 5.56 Å². The lowest BCUT2D eigenvalue weighted by Gasteiger charge is -2.08. The standard InChI is InChI=1S/C10H11FO3/c1-6-8(14-2)4-3-7(10(6)11)5-9(12)13/h3-4H,5H2,1-2H3,(H,12,13). The molecule has 0 fully saturated rings. The molecule has 0 saturated carbocycles. The predicted molar refractivity (Wildman–Crippen MR) is 49.0 cm³/mol. The van der Waals surface area contributed by atoms with Crippen LogP contribution in [-0.4, -0.2) is 18.2 Å². The highest BCUT2D eigenvalue weighted by molar-refractivity contribution is 5.70. The van der Waals surface area contributed by atoms with E-state index in [2.05, 4.69) is 0 Å². The monoisotopic (exact) mass is 198 g/mol. The number of benzene rings is 1. The number of hydrogen-bond acceptors (Lipinski definition) is 2. The first kappa shape index (κ1) is 10.5. The number of carboxylic acid groups (broad SMARTS) is 1. The molecule has 1 aromatic rings. The molecule has 3 nitrogen and oxygen atoms in total. The number of carboxylic acids is 1. The summed E-state index contributed by atoms with van der Waals surface area (Å²) < 4.78 is 18.4. The SMILES string of the molecule is COc1ccc(CC(=O)O)c(F)c1C. The highest BCUT2D eigenvalue weighted by Gasteiger charge is 2.12. The Morgan fingerprint density at radius 3 is 2.71 bits per heavy atom. The fourth-order valence-corrected chi connectivity index (χ4v) is 1.24. The van der Waals surface area contributed by atoms with E-state index >= 15 is 0 Å². The normalized spacial score (nSPS) is 9.93. The van der Waals surface area contributed by atoms with Crippen LogP contribution in [0.15, 0.2) is 12.1 Å². The Labute approximate surface area is 81.1 Å². The third-order valence-corrected chi connectivity index (χ3v) is 1.98. The Kier molecular flexibility index (Phi) is 3.06. The van der Waals surface area contributed by atoms with Gasteiger partial charge in [-0.25, -0.2) is 4.39 Å². The van der Waals surface area contributed by atoms with E-state index in [9.17, 15) is 9.18 Å². The zero-order chi connectivity index (χ0) is 10.7. The van der Waals surface area contributed by atoms with E-state index in [1.54, 1.807) is 13.0 Å². The maximum absolute atomic E-state index is 13.5. The van der Waals surface area contributed by atoms with Gasteiger partial charge < -0.3 is 9.84 Å². The van der Waals surface area contributed by atoms with Gasteiger partial charge in [-0.1, -0.05) is 6.07 Å². The second-order valence-electron chi connectivity index (χ2n) is 2.94. The topological polar surface area (TPSA) is 46.5 Å². The van der Waals surface area contributed by atoms with E-state index in [0.717, 1.165) is 0 Å². The van der Waals surface area contributed by atoms with Crippen LogP contribution in [0.3, 0.4) is 0 Å². The van der Waals surface area contributed by atoms with Crippen molar-refractivity contribution in [1.82, 2.24) is 0 Å². The maximum atomic E-state index is 13.5. The van der Waals surface area contributed by atoms with Crippen molar-refractivity contribution in [2.45, 2.75) is 13.3 Å². The Hall–Kier alpha value is -1.58. The number of halogens is 1. The molecule has 0 unspecified atom stereocenters. The number of ether oxygens (including phenoxy) is 1. The highest BCUT2D eigenvalue weighted by Crippen LogP contribution is 2.23. The number of carbonyl (C=O) groups is 1. The van der Waals surface area contributed by atoms with Crippen LogP contribution in [0.5, 0.6) is 5.75 Å². The summed E-state index contributed by atoms with van der Waals surface area (Å²) in [4.78, 5) is 10.4. The van der Waals surface area contributed by atoms with Crippen LogP contribution in [-0.2, 0) is 11.2 Å². The average Bonchev–Trinajstić information content (AvgIpc) is 2.13.